The molecule has 2 fully saturated rings. The average molecular weight is 154 g/mol. The predicted molar refractivity (Wildman–Crippen MR) is 37.9 cm³/mol. The Hall–Kier alpha value is -1.06. The first-order valence-electron chi connectivity index (χ1n) is 3.77. The molecule has 2 aliphatic rings. The van der Waals surface area contributed by atoms with Gasteiger partial charge in [-0.1, -0.05) is 0 Å². The van der Waals surface area contributed by atoms with Crippen LogP contribution >= 0.6 is 0 Å². The summed E-state index contributed by atoms with van der Waals surface area (Å²) in [5.41, 5.74) is 0. The lowest BCUT2D eigenvalue weighted by Crippen LogP contribution is -2.33. The molecule has 0 unspecified atom stereocenters. The van der Waals surface area contributed by atoms with Crippen LogP contribution in [0.5, 0.6) is 0 Å². The molecule has 1 aliphatic carbocycles. The van der Waals surface area contributed by atoms with Crippen LogP contribution in [0.15, 0.2) is 0 Å². The van der Waals surface area contributed by atoms with Crippen molar-refractivity contribution in [3.8, 4) is 0 Å². The van der Waals surface area contributed by atoms with Gasteiger partial charge in [-0.2, -0.15) is 0 Å². The normalized spacial score (nSPS) is 25.2. The first-order valence-corrected chi connectivity index (χ1v) is 3.77. The Morgan fingerprint density at radius 1 is 1.36 bits per heavy atom. The third kappa shape index (κ3) is 0.895. The van der Waals surface area contributed by atoms with Crippen LogP contribution in [0.3, 0.4) is 0 Å². The summed E-state index contributed by atoms with van der Waals surface area (Å²) < 4.78 is 0. The molecule has 0 radical (unpaired) electrons. The molecule has 0 aromatic carbocycles. The summed E-state index contributed by atoms with van der Waals surface area (Å²) in [5, 5.41) is 0. The number of rotatable bonds is 1. The number of hydrogen-bond acceptors (Lipinski definition) is 2. The maximum Gasteiger partial charge on any atom is 0.327 e. The van der Waals surface area contributed by atoms with E-state index < -0.39 is 0 Å². The van der Waals surface area contributed by atoms with Gasteiger partial charge in [-0.25, -0.2) is 4.79 Å². The second-order valence-corrected chi connectivity index (χ2v) is 3.13. The smallest absolute Gasteiger partial charge is 0.318 e. The Morgan fingerprint density at radius 3 is 2.36 bits per heavy atom. The molecule has 3 amide bonds. The number of imide groups is 1. The fraction of sp³-hybridized carbons (Fsp3) is 0.714. The van der Waals surface area contributed by atoms with Crippen molar-refractivity contribution in [2.45, 2.75) is 18.9 Å². The Labute approximate surface area is 64.8 Å². The topological polar surface area (TPSA) is 40.6 Å². The lowest BCUT2D eigenvalue weighted by Gasteiger charge is -2.11. The molecule has 0 aromatic rings. The second-order valence-electron chi connectivity index (χ2n) is 3.13. The van der Waals surface area contributed by atoms with E-state index in [9.17, 15) is 9.59 Å². The Bertz CT molecular complexity index is 222. The highest BCUT2D eigenvalue weighted by Gasteiger charge is 2.43. The second kappa shape index (κ2) is 1.96. The van der Waals surface area contributed by atoms with E-state index in [2.05, 4.69) is 0 Å². The van der Waals surface area contributed by atoms with Crippen molar-refractivity contribution in [2.24, 2.45) is 0 Å². The molecule has 1 heterocycles. The van der Waals surface area contributed by atoms with Crippen LogP contribution in [0.25, 0.3) is 0 Å². The van der Waals surface area contributed by atoms with Crippen molar-refractivity contribution in [2.75, 3.05) is 13.6 Å². The van der Waals surface area contributed by atoms with E-state index in [0.29, 0.717) is 0 Å². The maximum atomic E-state index is 11.2. The van der Waals surface area contributed by atoms with Gasteiger partial charge in [-0.3, -0.25) is 9.69 Å². The molecule has 0 N–H and O–H groups in total. The van der Waals surface area contributed by atoms with Crippen molar-refractivity contribution in [1.29, 1.82) is 0 Å². The Kier molecular flexibility index (Phi) is 1.19. The number of amides is 3. The number of urea groups is 1. The van der Waals surface area contributed by atoms with Crippen molar-refractivity contribution in [3.05, 3.63) is 0 Å². The summed E-state index contributed by atoms with van der Waals surface area (Å²) in [6, 6.07) is 0.0949. The van der Waals surface area contributed by atoms with Gasteiger partial charge in [0.25, 0.3) is 5.91 Å². The summed E-state index contributed by atoms with van der Waals surface area (Å²) >= 11 is 0. The van der Waals surface area contributed by atoms with E-state index >= 15 is 0 Å². The standard InChI is InChI=1S/C7H10N2O2/c1-8-4-6(10)9(7(8)11)5-2-3-5/h5H,2-4H2,1H3. The summed E-state index contributed by atoms with van der Waals surface area (Å²) in [5.74, 6) is -0.0417. The molecule has 2 rings (SSSR count). The van der Waals surface area contributed by atoms with Gasteiger partial charge in [0.15, 0.2) is 0 Å². The molecule has 0 spiro atoms. The molecule has 4 nitrogen and oxygen atoms in total. The number of likely N-dealkylation sites (N-methyl/N-ethyl adjacent to an activating group) is 1. The van der Waals surface area contributed by atoms with Crippen LogP contribution in [-0.4, -0.2) is 41.4 Å². The van der Waals surface area contributed by atoms with Crippen molar-refractivity contribution in [1.82, 2.24) is 9.80 Å². The average Bonchev–Trinajstić information content (AvgIpc) is 2.68. The van der Waals surface area contributed by atoms with Crippen LogP contribution in [0.1, 0.15) is 12.8 Å². The lowest BCUT2D eigenvalue weighted by atomic mass is 10.5. The number of carbonyl (C=O) groups excluding carboxylic acids is 2. The van der Waals surface area contributed by atoms with E-state index in [1.54, 1.807) is 7.05 Å². The minimum atomic E-state index is -0.127. The van der Waals surface area contributed by atoms with E-state index in [1.165, 1.54) is 9.80 Å². The van der Waals surface area contributed by atoms with Gasteiger partial charge in [0.1, 0.15) is 6.54 Å². The van der Waals surface area contributed by atoms with Gasteiger partial charge in [0.2, 0.25) is 0 Å². The minimum absolute atomic E-state index is 0.0417. The molecule has 1 saturated carbocycles. The number of nitrogens with zero attached hydrogens (tertiary/aromatic N) is 2. The lowest BCUT2D eigenvalue weighted by molar-refractivity contribution is -0.125. The molecule has 0 aromatic heterocycles. The van der Waals surface area contributed by atoms with Gasteiger partial charge in [-0.05, 0) is 12.8 Å². The third-order valence-corrected chi connectivity index (χ3v) is 2.09. The first-order chi connectivity index (χ1) is 5.20. The highest BCUT2D eigenvalue weighted by atomic mass is 16.2. The zero-order valence-electron chi connectivity index (χ0n) is 6.41. The largest absolute Gasteiger partial charge is 0.327 e. The van der Waals surface area contributed by atoms with E-state index in [-0.39, 0.29) is 24.5 Å². The van der Waals surface area contributed by atoms with E-state index in [0.717, 1.165) is 12.8 Å². The zero-order chi connectivity index (χ0) is 8.01. The Balaban J connectivity index is 2.17. The zero-order valence-corrected chi connectivity index (χ0v) is 6.41. The first kappa shape index (κ1) is 6.64. The van der Waals surface area contributed by atoms with Gasteiger partial charge >= 0.3 is 6.03 Å². The van der Waals surface area contributed by atoms with Crippen molar-refractivity contribution >= 4 is 11.9 Å². The van der Waals surface area contributed by atoms with Crippen LogP contribution in [0, 0.1) is 0 Å². The summed E-state index contributed by atoms with van der Waals surface area (Å²) in [6.07, 6.45) is 1.98. The SMILES string of the molecule is CN1CC(=O)N(C2CC2)C1=O. The van der Waals surface area contributed by atoms with Gasteiger partial charge in [-0.15, -0.1) is 0 Å². The van der Waals surface area contributed by atoms with Gasteiger partial charge < -0.3 is 4.90 Å². The Morgan fingerprint density at radius 2 is 2.00 bits per heavy atom. The predicted octanol–water partition coefficient (Wildman–Crippen LogP) is 0.0428. The minimum Gasteiger partial charge on any atom is -0.318 e. The van der Waals surface area contributed by atoms with Crippen molar-refractivity contribution < 1.29 is 9.59 Å². The van der Waals surface area contributed by atoms with Crippen LogP contribution in [-0.2, 0) is 4.79 Å². The fourth-order valence-electron chi connectivity index (χ4n) is 1.33. The molecule has 4 heteroatoms. The molecule has 0 bridgehead atoms. The maximum absolute atomic E-state index is 11.2. The van der Waals surface area contributed by atoms with Gasteiger partial charge in [0, 0.05) is 13.1 Å². The van der Waals surface area contributed by atoms with Crippen molar-refractivity contribution in [3.63, 3.8) is 0 Å². The number of hydrogen-bond donors (Lipinski definition) is 0. The molecule has 11 heavy (non-hydrogen) atoms. The third-order valence-electron chi connectivity index (χ3n) is 2.09. The monoisotopic (exact) mass is 154 g/mol. The van der Waals surface area contributed by atoms with E-state index in [1.807, 2.05) is 0 Å². The molecular weight excluding hydrogens is 144 g/mol. The highest BCUT2D eigenvalue weighted by Crippen LogP contribution is 2.29. The fourth-order valence-corrected chi connectivity index (χ4v) is 1.33. The summed E-state index contributed by atoms with van der Waals surface area (Å²) in [6.45, 7) is 0.259. The van der Waals surface area contributed by atoms with Crippen LogP contribution in [0.4, 0.5) is 4.79 Å². The molecule has 60 valence electrons. The van der Waals surface area contributed by atoms with Crippen LogP contribution < -0.4 is 0 Å². The summed E-state index contributed by atoms with van der Waals surface area (Å²) in [4.78, 5) is 25.2. The quantitative estimate of drug-likeness (QED) is 0.500. The summed E-state index contributed by atoms with van der Waals surface area (Å²) in [7, 11) is 1.66. The molecule has 1 saturated heterocycles. The van der Waals surface area contributed by atoms with E-state index in [4.69, 9.17) is 0 Å². The molecule has 0 atom stereocenters. The van der Waals surface area contributed by atoms with Gasteiger partial charge in [0.05, 0.1) is 0 Å². The molecule has 1 aliphatic heterocycles. The molecular formula is C7H10N2O2. The number of carbonyl (C=O) groups is 2. The highest BCUT2D eigenvalue weighted by molar-refractivity contribution is 6.02. The van der Waals surface area contributed by atoms with Crippen LogP contribution in [0.2, 0.25) is 0 Å².